The van der Waals surface area contributed by atoms with E-state index in [1.165, 1.54) is 15.6 Å². The lowest BCUT2D eigenvalue weighted by Gasteiger charge is -2.32. The minimum absolute atomic E-state index is 0.185. The molecule has 1 unspecified atom stereocenters. The number of amides is 1. The van der Waals surface area contributed by atoms with Crippen LogP contribution in [0.3, 0.4) is 0 Å². The number of anilines is 1. The van der Waals surface area contributed by atoms with Gasteiger partial charge in [0.1, 0.15) is 10.6 Å². The Morgan fingerprint density at radius 3 is 2.45 bits per heavy atom. The molecule has 0 aliphatic carbocycles. The Kier molecular flexibility index (Phi) is 6.42. The number of benzene rings is 2. The second-order valence-corrected chi connectivity index (χ2v) is 12.2. The second kappa shape index (κ2) is 8.99. The van der Waals surface area contributed by atoms with Gasteiger partial charge in [0, 0.05) is 11.2 Å². The molecule has 8 heteroatoms. The predicted molar refractivity (Wildman–Crippen MR) is 133 cm³/mol. The van der Waals surface area contributed by atoms with E-state index < -0.39 is 21.7 Å². The monoisotopic (exact) mass is 486 g/mol. The maximum Gasteiger partial charge on any atom is 0.410 e. The molecule has 1 amide bonds. The number of rotatable bonds is 5. The van der Waals surface area contributed by atoms with Gasteiger partial charge in [-0.15, -0.1) is 11.3 Å². The third-order valence-electron chi connectivity index (χ3n) is 5.76. The highest BCUT2D eigenvalue weighted by atomic mass is 32.2. The highest BCUT2D eigenvalue weighted by Crippen LogP contribution is 2.40. The van der Waals surface area contributed by atoms with Crippen molar-refractivity contribution in [2.24, 2.45) is 0 Å². The largest absolute Gasteiger partial charge is 0.444 e. The molecule has 1 aromatic heterocycles. The van der Waals surface area contributed by atoms with Crippen LogP contribution in [0, 0.1) is 6.92 Å². The summed E-state index contributed by atoms with van der Waals surface area (Å²) in [4.78, 5) is 14.8. The average Bonchev–Trinajstić information content (AvgIpc) is 3.36. The van der Waals surface area contributed by atoms with Gasteiger partial charge in [-0.3, -0.25) is 4.31 Å². The van der Waals surface area contributed by atoms with Crippen LogP contribution in [0.2, 0.25) is 0 Å². The lowest BCUT2D eigenvalue weighted by Crippen LogP contribution is -2.46. The summed E-state index contributed by atoms with van der Waals surface area (Å²) in [7, 11) is -3.83. The molecule has 1 fully saturated rings. The Morgan fingerprint density at radius 1 is 1.12 bits per heavy atom. The van der Waals surface area contributed by atoms with Gasteiger partial charge in [0.05, 0.1) is 17.5 Å². The zero-order chi connectivity index (χ0) is 23.8. The zero-order valence-electron chi connectivity index (χ0n) is 19.4. The maximum atomic E-state index is 13.9. The Hall–Kier alpha value is -2.58. The van der Waals surface area contributed by atoms with E-state index in [-0.39, 0.29) is 17.5 Å². The third kappa shape index (κ3) is 4.87. The summed E-state index contributed by atoms with van der Waals surface area (Å²) in [5.74, 6) is 0. The van der Waals surface area contributed by atoms with Crippen LogP contribution in [0.4, 0.5) is 9.80 Å². The van der Waals surface area contributed by atoms with Gasteiger partial charge in [-0.1, -0.05) is 36.4 Å². The van der Waals surface area contributed by atoms with Gasteiger partial charge in [0.25, 0.3) is 10.0 Å². The Bertz CT molecular complexity index is 1250. The van der Waals surface area contributed by atoms with E-state index in [1.54, 1.807) is 35.2 Å². The van der Waals surface area contributed by atoms with Crippen molar-refractivity contribution in [1.82, 2.24) is 4.90 Å². The molecule has 1 atom stereocenters. The molecule has 0 saturated carbocycles. The SMILES string of the molecule is Cc1c(N(CC2CCCN2C(=O)OC(C)(C)C)S(=O)(=O)c2ccccc2)sc2ccccc12. The molecule has 33 heavy (non-hydrogen) atoms. The van der Waals surface area contributed by atoms with Gasteiger partial charge in [-0.25, -0.2) is 13.2 Å². The molecule has 6 nitrogen and oxygen atoms in total. The smallest absolute Gasteiger partial charge is 0.410 e. The normalized spacial score (nSPS) is 16.8. The van der Waals surface area contributed by atoms with Crippen LogP contribution in [-0.2, 0) is 14.8 Å². The molecule has 1 aliphatic rings. The van der Waals surface area contributed by atoms with Crippen LogP contribution in [0.5, 0.6) is 0 Å². The standard InChI is InChI=1S/C25H30N2O4S2/c1-18-21-14-8-9-15-22(21)32-23(18)27(33(29,30)20-12-6-5-7-13-20)17-19-11-10-16-26(19)24(28)31-25(2,3)4/h5-9,12-15,19H,10-11,16-17H2,1-4H3. The van der Waals surface area contributed by atoms with Crippen LogP contribution in [-0.4, -0.2) is 44.1 Å². The summed E-state index contributed by atoms with van der Waals surface area (Å²) in [6.07, 6.45) is 1.15. The van der Waals surface area contributed by atoms with Gasteiger partial charge in [-0.2, -0.15) is 0 Å². The number of carbonyl (C=O) groups excluding carboxylic acids is 1. The van der Waals surface area contributed by atoms with Crippen LogP contribution in [0.1, 0.15) is 39.2 Å². The second-order valence-electron chi connectivity index (χ2n) is 9.35. The number of aryl methyl sites for hydroxylation is 1. The molecular formula is C25H30N2O4S2. The quantitative estimate of drug-likeness (QED) is 0.457. The number of thiophene rings is 1. The molecule has 176 valence electrons. The van der Waals surface area contributed by atoms with Gasteiger partial charge in [0.2, 0.25) is 0 Å². The molecule has 0 bridgehead atoms. The van der Waals surface area contributed by atoms with Crippen molar-refractivity contribution in [3.05, 3.63) is 60.2 Å². The van der Waals surface area contributed by atoms with Crippen molar-refractivity contribution in [2.45, 2.75) is 57.1 Å². The van der Waals surface area contributed by atoms with Crippen LogP contribution >= 0.6 is 11.3 Å². The van der Waals surface area contributed by atoms with Crippen LogP contribution in [0.25, 0.3) is 10.1 Å². The van der Waals surface area contributed by atoms with Gasteiger partial charge in [0.15, 0.2) is 0 Å². The first-order chi connectivity index (χ1) is 15.6. The first-order valence-electron chi connectivity index (χ1n) is 11.1. The summed E-state index contributed by atoms with van der Waals surface area (Å²) in [5.41, 5.74) is 0.319. The zero-order valence-corrected chi connectivity index (χ0v) is 21.1. The molecule has 4 rings (SSSR count). The van der Waals surface area contributed by atoms with Gasteiger partial charge >= 0.3 is 6.09 Å². The maximum absolute atomic E-state index is 13.9. The fourth-order valence-electron chi connectivity index (χ4n) is 4.19. The van der Waals surface area contributed by atoms with E-state index in [2.05, 4.69) is 0 Å². The van der Waals surface area contributed by atoms with E-state index in [1.807, 2.05) is 52.0 Å². The van der Waals surface area contributed by atoms with Crippen molar-refractivity contribution in [3.63, 3.8) is 0 Å². The molecule has 2 aromatic carbocycles. The number of likely N-dealkylation sites (tertiary alicyclic amines) is 1. The third-order valence-corrected chi connectivity index (χ3v) is 8.95. The number of ether oxygens (including phenoxy) is 1. The Balaban J connectivity index is 1.75. The van der Waals surface area contributed by atoms with Gasteiger partial charge in [-0.05, 0) is 69.7 Å². The number of hydrogen-bond donors (Lipinski definition) is 0. The van der Waals surface area contributed by atoms with Gasteiger partial charge < -0.3 is 9.64 Å². The first kappa shape index (κ1) is 23.6. The van der Waals surface area contributed by atoms with Crippen molar-refractivity contribution >= 4 is 42.5 Å². The van der Waals surface area contributed by atoms with Crippen molar-refractivity contribution in [3.8, 4) is 0 Å². The van der Waals surface area contributed by atoms with Crippen molar-refractivity contribution in [1.29, 1.82) is 0 Å². The van der Waals surface area contributed by atoms with Crippen LogP contribution < -0.4 is 4.31 Å². The number of sulfonamides is 1. The lowest BCUT2D eigenvalue weighted by molar-refractivity contribution is 0.0233. The number of fused-ring (bicyclic) bond motifs is 1. The summed E-state index contributed by atoms with van der Waals surface area (Å²) in [5, 5.41) is 1.73. The van der Waals surface area contributed by atoms with E-state index in [0.29, 0.717) is 11.5 Å². The lowest BCUT2D eigenvalue weighted by atomic mass is 10.2. The minimum atomic E-state index is -3.83. The summed E-state index contributed by atoms with van der Waals surface area (Å²) in [6.45, 7) is 8.21. The summed E-state index contributed by atoms with van der Waals surface area (Å²) < 4.78 is 35.8. The highest BCUT2D eigenvalue weighted by molar-refractivity contribution is 7.93. The Morgan fingerprint density at radius 2 is 1.79 bits per heavy atom. The van der Waals surface area contributed by atoms with E-state index >= 15 is 0 Å². The predicted octanol–water partition coefficient (Wildman–Crippen LogP) is 5.80. The molecular weight excluding hydrogens is 456 g/mol. The fraction of sp³-hybridized carbons (Fsp3) is 0.400. The average molecular weight is 487 g/mol. The summed E-state index contributed by atoms with van der Waals surface area (Å²) in [6, 6.07) is 16.2. The molecule has 0 radical (unpaired) electrons. The number of nitrogens with zero attached hydrogens (tertiary/aromatic N) is 2. The molecule has 2 heterocycles. The molecule has 1 aliphatic heterocycles. The Labute approximate surface area is 199 Å². The highest BCUT2D eigenvalue weighted by Gasteiger charge is 2.37. The van der Waals surface area contributed by atoms with Crippen molar-refractivity contribution in [2.75, 3.05) is 17.4 Å². The number of carbonyl (C=O) groups is 1. The van der Waals surface area contributed by atoms with E-state index in [9.17, 15) is 13.2 Å². The van der Waals surface area contributed by atoms with E-state index in [0.717, 1.165) is 28.5 Å². The molecule has 3 aromatic rings. The fourth-order valence-corrected chi connectivity index (χ4v) is 7.20. The topological polar surface area (TPSA) is 66.9 Å². The minimum Gasteiger partial charge on any atom is -0.444 e. The number of hydrogen-bond acceptors (Lipinski definition) is 5. The molecule has 0 N–H and O–H groups in total. The van der Waals surface area contributed by atoms with Crippen molar-refractivity contribution < 1.29 is 17.9 Å². The van der Waals surface area contributed by atoms with Crippen LogP contribution in [0.15, 0.2) is 59.5 Å². The van der Waals surface area contributed by atoms with E-state index in [4.69, 9.17) is 4.74 Å². The summed E-state index contributed by atoms with van der Waals surface area (Å²) >= 11 is 1.47. The first-order valence-corrected chi connectivity index (χ1v) is 13.4. The molecule has 1 saturated heterocycles. The molecule has 0 spiro atoms.